The first-order chi connectivity index (χ1) is 44.2. The molecule has 0 bridgehead atoms. The zero-order valence-electron chi connectivity index (χ0n) is 58.3. The molecule has 0 heterocycles. The SMILES string of the molecule is CCCCCC/C=C\C=C/CCCCCCCC(=O)OC[C@H](COP(=O)(O)OC[C@@H](O)COP(=O)(O)OC[C@@H](COC(=O)CCCCCCC)OC(=O)CCCCCCCCCCCCC)OC(=O)CCCCCCCCCCCCCCCCCCCCCC. The zero-order chi connectivity index (χ0) is 66.8. The van der Waals surface area contributed by atoms with Gasteiger partial charge in [-0.1, -0.05) is 302 Å². The molecule has 536 valence electrons. The number of ether oxygens (including phenoxy) is 4. The smallest absolute Gasteiger partial charge is 0.462 e. The molecule has 0 aliphatic heterocycles. The van der Waals surface area contributed by atoms with Gasteiger partial charge < -0.3 is 33.8 Å². The summed E-state index contributed by atoms with van der Waals surface area (Å²) in [6.45, 7) is 4.80. The number of carbonyl (C=O) groups excluding carboxylic acids is 4. The van der Waals surface area contributed by atoms with E-state index in [1.165, 1.54) is 161 Å². The molecule has 0 saturated heterocycles. The lowest BCUT2D eigenvalue weighted by Gasteiger charge is -2.21. The molecule has 17 nitrogen and oxygen atoms in total. The summed E-state index contributed by atoms with van der Waals surface area (Å²) in [6, 6.07) is 0. The summed E-state index contributed by atoms with van der Waals surface area (Å²) in [5.41, 5.74) is 0. The van der Waals surface area contributed by atoms with E-state index < -0.39 is 97.5 Å². The summed E-state index contributed by atoms with van der Waals surface area (Å²) in [6.07, 6.45) is 58.1. The van der Waals surface area contributed by atoms with Gasteiger partial charge in [-0.25, -0.2) is 9.13 Å². The number of phosphoric acid groups is 2. The minimum absolute atomic E-state index is 0.102. The highest BCUT2D eigenvalue weighted by molar-refractivity contribution is 7.47. The van der Waals surface area contributed by atoms with Crippen LogP contribution in [-0.2, 0) is 65.4 Å². The molecule has 2 unspecified atom stereocenters. The van der Waals surface area contributed by atoms with Crippen molar-refractivity contribution < 1.29 is 80.2 Å². The quantitative estimate of drug-likeness (QED) is 0.0169. The van der Waals surface area contributed by atoms with Crippen molar-refractivity contribution in [3.8, 4) is 0 Å². The van der Waals surface area contributed by atoms with Gasteiger partial charge >= 0.3 is 39.5 Å². The van der Waals surface area contributed by atoms with E-state index in [9.17, 15) is 43.2 Å². The van der Waals surface area contributed by atoms with Crippen molar-refractivity contribution in [1.82, 2.24) is 0 Å². The largest absolute Gasteiger partial charge is 0.472 e. The molecule has 0 saturated carbocycles. The third kappa shape index (κ3) is 66.0. The lowest BCUT2D eigenvalue weighted by molar-refractivity contribution is -0.161. The van der Waals surface area contributed by atoms with Crippen LogP contribution in [0.15, 0.2) is 24.3 Å². The Morgan fingerprint density at radius 1 is 0.308 bits per heavy atom. The van der Waals surface area contributed by atoms with Crippen molar-refractivity contribution in [2.75, 3.05) is 39.6 Å². The Hall–Kier alpha value is -2.46. The van der Waals surface area contributed by atoms with Gasteiger partial charge in [0.15, 0.2) is 12.2 Å². The van der Waals surface area contributed by atoms with Crippen LogP contribution in [0, 0.1) is 0 Å². The van der Waals surface area contributed by atoms with Gasteiger partial charge in [0.05, 0.1) is 26.4 Å². The Bertz CT molecular complexity index is 1830. The van der Waals surface area contributed by atoms with Crippen molar-refractivity contribution in [2.24, 2.45) is 0 Å². The van der Waals surface area contributed by atoms with Crippen LogP contribution in [-0.4, -0.2) is 96.7 Å². The number of esters is 4. The van der Waals surface area contributed by atoms with E-state index in [2.05, 4.69) is 52.0 Å². The zero-order valence-corrected chi connectivity index (χ0v) is 60.1. The first-order valence-corrected chi connectivity index (χ1v) is 40.1. The molecule has 0 aliphatic carbocycles. The fourth-order valence-electron chi connectivity index (χ4n) is 10.5. The second-order valence-corrected chi connectivity index (χ2v) is 28.2. The van der Waals surface area contributed by atoms with E-state index in [4.69, 9.17) is 37.0 Å². The van der Waals surface area contributed by atoms with E-state index in [1.54, 1.807) is 0 Å². The number of rotatable bonds is 71. The van der Waals surface area contributed by atoms with E-state index in [1.807, 2.05) is 0 Å². The highest BCUT2D eigenvalue weighted by Crippen LogP contribution is 2.45. The van der Waals surface area contributed by atoms with Crippen LogP contribution in [0.25, 0.3) is 0 Å². The molecule has 5 atom stereocenters. The number of aliphatic hydroxyl groups is 1. The van der Waals surface area contributed by atoms with E-state index in [-0.39, 0.29) is 25.7 Å². The Labute approximate surface area is 554 Å². The third-order valence-electron chi connectivity index (χ3n) is 16.2. The number of hydrogen-bond acceptors (Lipinski definition) is 15. The van der Waals surface area contributed by atoms with Crippen molar-refractivity contribution in [1.29, 1.82) is 0 Å². The lowest BCUT2D eigenvalue weighted by atomic mass is 10.0. The molecule has 0 amide bonds. The molecular weight excluding hydrogens is 1200 g/mol. The standard InChI is InChI=1S/C72H136O17P2/c1-5-9-13-17-20-23-26-28-30-31-32-33-34-36-38-41-44-47-51-55-59-72(77)89-68(63-83-70(75)57-53-49-45-42-40-37-35-29-27-24-21-18-14-10-6-2)65-87-91(80,81)85-61-66(73)60-84-90(78,79)86-64-67(62-82-69(74)56-52-48-16-12-8-4)88-71(76)58-54-50-46-43-39-25-22-19-15-11-7-3/h24,27,29,35,66-68,73H,5-23,25-26,28,30-34,36-65H2,1-4H3,(H,78,79)(H,80,81)/b27-24-,35-29-/t66-,67+,68+/m0/s1. The topological polar surface area (TPSA) is 237 Å². The molecular formula is C72H136O17P2. The molecule has 0 radical (unpaired) electrons. The van der Waals surface area contributed by atoms with Gasteiger partial charge in [-0.15, -0.1) is 0 Å². The molecule has 91 heavy (non-hydrogen) atoms. The second kappa shape index (κ2) is 66.2. The van der Waals surface area contributed by atoms with Crippen molar-refractivity contribution in [3.63, 3.8) is 0 Å². The summed E-state index contributed by atoms with van der Waals surface area (Å²) < 4.78 is 68.1. The van der Waals surface area contributed by atoms with Gasteiger partial charge in [0, 0.05) is 25.7 Å². The fraction of sp³-hybridized carbons (Fsp3) is 0.889. The predicted molar refractivity (Wildman–Crippen MR) is 368 cm³/mol. The van der Waals surface area contributed by atoms with E-state index >= 15 is 0 Å². The molecule has 0 aliphatic rings. The maximum absolute atomic E-state index is 13.0. The third-order valence-corrected chi connectivity index (χ3v) is 18.1. The number of carbonyl (C=O) groups is 4. The number of hydrogen-bond donors (Lipinski definition) is 3. The molecule has 0 aromatic carbocycles. The summed E-state index contributed by atoms with van der Waals surface area (Å²) in [5, 5.41) is 10.6. The first-order valence-electron chi connectivity index (χ1n) is 37.1. The van der Waals surface area contributed by atoms with Crippen molar-refractivity contribution >= 4 is 39.5 Å². The maximum atomic E-state index is 13.0. The minimum atomic E-state index is -4.96. The lowest BCUT2D eigenvalue weighted by Crippen LogP contribution is -2.30. The summed E-state index contributed by atoms with van der Waals surface area (Å²) >= 11 is 0. The summed E-state index contributed by atoms with van der Waals surface area (Å²) in [4.78, 5) is 72.3. The van der Waals surface area contributed by atoms with Gasteiger partial charge in [-0.2, -0.15) is 0 Å². The molecule has 3 N–H and O–H groups in total. The van der Waals surface area contributed by atoms with Crippen LogP contribution in [0.3, 0.4) is 0 Å². The van der Waals surface area contributed by atoms with Crippen LogP contribution in [0.5, 0.6) is 0 Å². The van der Waals surface area contributed by atoms with Crippen molar-refractivity contribution in [3.05, 3.63) is 24.3 Å². The Balaban J connectivity index is 5.16. The maximum Gasteiger partial charge on any atom is 0.472 e. The Morgan fingerprint density at radius 2 is 0.527 bits per heavy atom. The second-order valence-electron chi connectivity index (χ2n) is 25.3. The molecule has 19 heteroatoms. The first kappa shape index (κ1) is 88.5. The van der Waals surface area contributed by atoms with Crippen molar-refractivity contribution in [2.45, 2.75) is 373 Å². The fourth-order valence-corrected chi connectivity index (χ4v) is 12.1. The molecule has 0 aromatic heterocycles. The molecule has 0 spiro atoms. The van der Waals surface area contributed by atoms with E-state index in [0.29, 0.717) is 25.7 Å². The molecule has 0 aromatic rings. The van der Waals surface area contributed by atoms with Crippen LogP contribution in [0.1, 0.15) is 355 Å². The molecule has 0 fully saturated rings. The van der Waals surface area contributed by atoms with Gasteiger partial charge in [0.2, 0.25) is 0 Å². The highest BCUT2D eigenvalue weighted by Gasteiger charge is 2.30. The number of phosphoric ester groups is 2. The minimum Gasteiger partial charge on any atom is -0.462 e. The number of aliphatic hydroxyl groups excluding tert-OH is 1. The Morgan fingerprint density at radius 3 is 0.802 bits per heavy atom. The van der Waals surface area contributed by atoms with Gasteiger partial charge in [-0.05, 0) is 51.4 Å². The normalized spacial score (nSPS) is 14.1. The average Bonchev–Trinajstić information content (AvgIpc) is 2.57. The van der Waals surface area contributed by atoms with E-state index in [0.717, 1.165) is 116 Å². The molecule has 0 rings (SSSR count). The van der Waals surface area contributed by atoms with Gasteiger partial charge in [-0.3, -0.25) is 37.3 Å². The monoisotopic (exact) mass is 1330 g/mol. The predicted octanol–water partition coefficient (Wildman–Crippen LogP) is 20.6. The van der Waals surface area contributed by atoms with Gasteiger partial charge in [0.25, 0.3) is 0 Å². The number of unbranched alkanes of at least 4 members (excludes halogenated alkanes) is 42. The van der Waals surface area contributed by atoms with Gasteiger partial charge in [0.1, 0.15) is 19.3 Å². The van der Waals surface area contributed by atoms with Crippen LogP contribution < -0.4 is 0 Å². The Kier molecular flexibility index (Phi) is 64.4. The van der Waals surface area contributed by atoms with Crippen LogP contribution in [0.2, 0.25) is 0 Å². The average molecular weight is 1340 g/mol. The van der Waals surface area contributed by atoms with Crippen LogP contribution >= 0.6 is 15.6 Å². The highest BCUT2D eigenvalue weighted by atomic mass is 31.2. The van der Waals surface area contributed by atoms with Crippen LogP contribution in [0.4, 0.5) is 0 Å². The number of allylic oxidation sites excluding steroid dienone is 4. The summed E-state index contributed by atoms with van der Waals surface area (Å²) in [5.74, 6) is -2.16. The summed E-state index contributed by atoms with van der Waals surface area (Å²) in [7, 11) is -9.90.